The normalized spacial score (nSPS) is 19.9. The van der Waals surface area contributed by atoms with Gasteiger partial charge in [0.1, 0.15) is 5.54 Å². The van der Waals surface area contributed by atoms with Gasteiger partial charge >= 0.3 is 0 Å². The van der Waals surface area contributed by atoms with Gasteiger partial charge in [-0.2, -0.15) is 4.98 Å². The molecule has 0 bridgehead atoms. The second-order valence-electron chi connectivity index (χ2n) is 9.02. The Balaban J connectivity index is 1.66. The fourth-order valence-corrected chi connectivity index (χ4v) is 5.06. The second kappa shape index (κ2) is 9.72. The lowest BCUT2D eigenvalue weighted by Crippen LogP contribution is -2.45. The minimum Gasteiger partial charge on any atom is -0.343 e. The molecule has 0 aliphatic heterocycles. The number of nitrogens with one attached hydrogen (secondary N) is 1. The standard InChI is InChI=1S/C22H36N4O3/c1-16(2)26(18-10-6-7-11-18)20(28)13-12-19-23-21(25-29-19)22(24-17(3)27)14-8-4-5-9-15-22/h16,18H,4-15H2,1-3H3,(H,24,27). The van der Waals surface area contributed by atoms with Crippen LogP contribution in [0.4, 0.5) is 0 Å². The number of carbonyl (C=O) groups is 2. The molecule has 7 nitrogen and oxygen atoms in total. The third-order valence-electron chi connectivity index (χ3n) is 6.38. The van der Waals surface area contributed by atoms with E-state index in [9.17, 15) is 9.59 Å². The highest BCUT2D eigenvalue weighted by atomic mass is 16.5. The number of aromatic nitrogens is 2. The van der Waals surface area contributed by atoms with Crippen molar-refractivity contribution >= 4 is 11.8 Å². The largest absolute Gasteiger partial charge is 0.343 e. The molecule has 1 heterocycles. The summed E-state index contributed by atoms with van der Waals surface area (Å²) in [6.07, 6.45) is 11.5. The summed E-state index contributed by atoms with van der Waals surface area (Å²) >= 11 is 0. The molecule has 3 rings (SSSR count). The molecule has 1 aromatic rings. The van der Waals surface area contributed by atoms with Gasteiger partial charge in [-0.3, -0.25) is 9.59 Å². The van der Waals surface area contributed by atoms with E-state index in [0.29, 0.717) is 30.6 Å². The van der Waals surface area contributed by atoms with Gasteiger partial charge in [-0.15, -0.1) is 0 Å². The summed E-state index contributed by atoms with van der Waals surface area (Å²) in [6, 6.07) is 0.577. The van der Waals surface area contributed by atoms with Gasteiger partial charge in [-0.25, -0.2) is 0 Å². The SMILES string of the molecule is CC(=O)NC1(c2noc(CCC(=O)N(C(C)C)C3CCCC3)n2)CCCCCC1. The van der Waals surface area contributed by atoms with Crippen LogP contribution < -0.4 is 5.32 Å². The van der Waals surface area contributed by atoms with E-state index >= 15 is 0 Å². The third kappa shape index (κ3) is 5.37. The summed E-state index contributed by atoms with van der Waals surface area (Å²) in [5.41, 5.74) is -0.540. The topological polar surface area (TPSA) is 88.3 Å². The average molecular weight is 405 g/mol. The third-order valence-corrected chi connectivity index (χ3v) is 6.38. The first-order valence-corrected chi connectivity index (χ1v) is 11.3. The predicted octanol–water partition coefficient (Wildman–Crippen LogP) is 3.87. The molecule has 29 heavy (non-hydrogen) atoms. The summed E-state index contributed by atoms with van der Waals surface area (Å²) in [7, 11) is 0. The van der Waals surface area contributed by atoms with Crippen molar-refractivity contribution in [2.45, 2.75) is 115 Å². The smallest absolute Gasteiger partial charge is 0.227 e. The van der Waals surface area contributed by atoms with Crippen LogP contribution in [-0.4, -0.2) is 38.9 Å². The van der Waals surface area contributed by atoms with Crippen LogP contribution in [0.5, 0.6) is 0 Å². The highest BCUT2D eigenvalue weighted by Gasteiger charge is 2.38. The van der Waals surface area contributed by atoms with E-state index in [-0.39, 0.29) is 17.9 Å². The van der Waals surface area contributed by atoms with Gasteiger partial charge < -0.3 is 14.7 Å². The molecule has 0 radical (unpaired) electrons. The van der Waals surface area contributed by atoms with E-state index in [1.807, 2.05) is 4.90 Å². The molecule has 0 aromatic carbocycles. The van der Waals surface area contributed by atoms with Crippen LogP contribution in [0.15, 0.2) is 4.52 Å². The Bertz CT molecular complexity index is 686. The maximum absolute atomic E-state index is 12.9. The minimum absolute atomic E-state index is 0.0717. The summed E-state index contributed by atoms with van der Waals surface area (Å²) in [5.74, 6) is 1.14. The zero-order chi connectivity index (χ0) is 20.9. The molecule has 1 aromatic heterocycles. The average Bonchev–Trinajstić information content (AvgIpc) is 3.30. The molecule has 0 atom stereocenters. The number of hydrogen-bond acceptors (Lipinski definition) is 5. The van der Waals surface area contributed by atoms with Gasteiger partial charge in [0, 0.05) is 31.8 Å². The maximum atomic E-state index is 12.9. The summed E-state index contributed by atoms with van der Waals surface area (Å²) in [4.78, 5) is 31.4. The number of carbonyl (C=O) groups excluding carboxylic acids is 2. The summed E-state index contributed by atoms with van der Waals surface area (Å²) in [6.45, 7) is 5.71. The quantitative estimate of drug-likeness (QED) is 0.697. The number of aryl methyl sites for hydroxylation is 1. The maximum Gasteiger partial charge on any atom is 0.227 e. The van der Waals surface area contributed by atoms with Crippen molar-refractivity contribution in [1.29, 1.82) is 0 Å². The molecule has 1 N–H and O–H groups in total. The fourth-order valence-electron chi connectivity index (χ4n) is 5.06. The molecule has 2 amide bonds. The van der Waals surface area contributed by atoms with Crippen LogP contribution >= 0.6 is 0 Å². The molecule has 2 saturated carbocycles. The number of amides is 2. The molecule has 2 aliphatic carbocycles. The van der Waals surface area contributed by atoms with Crippen LogP contribution in [0.3, 0.4) is 0 Å². The number of rotatable bonds is 7. The van der Waals surface area contributed by atoms with Gasteiger partial charge in [0.05, 0.1) is 0 Å². The Morgan fingerprint density at radius 2 is 1.79 bits per heavy atom. The van der Waals surface area contributed by atoms with Gasteiger partial charge in [-0.1, -0.05) is 43.7 Å². The van der Waals surface area contributed by atoms with Crippen LogP contribution in [0.25, 0.3) is 0 Å². The van der Waals surface area contributed by atoms with E-state index in [0.717, 1.165) is 51.4 Å². The molecular formula is C22H36N4O3. The van der Waals surface area contributed by atoms with Crippen molar-refractivity contribution in [1.82, 2.24) is 20.4 Å². The fraction of sp³-hybridized carbons (Fsp3) is 0.818. The number of hydrogen-bond donors (Lipinski definition) is 1. The van der Waals surface area contributed by atoms with Crippen LogP contribution in [0.2, 0.25) is 0 Å². The van der Waals surface area contributed by atoms with Crippen molar-refractivity contribution in [3.63, 3.8) is 0 Å². The zero-order valence-electron chi connectivity index (χ0n) is 18.2. The number of nitrogens with zero attached hydrogens (tertiary/aromatic N) is 3. The van der Waals surface area contributed by atoms with Crippen molar-refractivity contribution in [3.8, 4) is 0 Å². The molecule has 2 fully saturated rings. The lowest BCUT2D eigenvalue weighted by atomic mass is 9.89. The van der Waals surface area contributed by atoms with Gasteiger partial charge in [0.2, 0.25) is 17.7 Å². The van der Waals surface area contributed by atoms with Crippen molar-refractivity contribution in [3.05, 3.63) is 11.7 Å². The Morgan fingerprint density at radius 3 is 2.38 bits per heavy atom. The Labute approximate surface area is 174 Å². The highest BCUT2D eigenvalue weighted by molar-refractivity contribution is 5.77. The van der Waals surface area contributed by atoms with Gasteiger partial charge in [0.15, 0.2) is 5.82 Å². The van der Waals surface area contributed by atoms with Crippen molar-refractivity contribution < 1.29 is 14.1 Å². The van der Waals surface area contributed by atoms with Crippen LogP contribution in [0, 0.1) is 0 Å². The molecule has 7 heteroatoms. The summed E-state index contributed by atoms with van der Waals surface area (Å²) in [5, 5.41) is 7.32. The predicted molar refractivity (Wildman–Crippen MR) is 110 cm³/mol. The monoisotopic (exact) mass is 404 g/mol. The molecular weight excluding hydrogens is 368 g/mol. The molecule has 0 saturated heterocycles. The Kier molecular flexibility index (Phi) is 7.30. The minimum atomic E-state index is -0.540. The Morgan fingerprint density at radius 1 is 1.14 bits per heavy atom. The van der Waals surface area contributed by atoms with Crippen LogP contribution in [0.1, 0.15) is 103 Å². The molecule has 0 unspecified atom stereocenters. The van der Waals surface area contributed by atoms with E-state index in [1.165, 1.54) is 19.8 Å². The second-order valence-corrected chi connectivity index (χ2v) is 9.02. The zero-order valence-corrected chi connectivity index (χ0v) is 18.2. The lowest BCUT2D eigenvalue weighted by Gasteiger charge is -2.32. The first-order chi connectivity index (χ1) is 13.9. The van der Waals surface area contributed by atoms with E-state index in [4.69, 9.17) is 4.52 Å². The van der Waals surface area contributed by atoms with E-state index in [2.05, 4.69) is 29.3 Å². The molecule has 2 aliphatic rings. The van der Waals surface area contributed by atoms with E-state index < -0.39 is 5.54 Å². The summed E-state index contributed by atoms with van der Waals surface area (Å²) < 4.78 is 5.50. The van der Waals surface area contributed by atoms with Gasteiger partial charge in [-0.05, 0) is 39.5 Å². The first-order valence-electron chi connectivity index (χ1n) is 11.3. The van der Waals surface area contributed by atoms with E-state index in [1.54, 1.807) is 0 Å². The molecule has 0 spiro atoms. The van der Waals surface area contributed by atoms with Crippen molar-refractivity contribution in [2.75, 3.05) is 0 Å². The first kappa shape index (κ1) is 21.8. The molecule has 162 valence electrons. The Hall–Kier alpha value is -1.92. The van der Waals surface area contributed by atoms with Crippen molar-refractivity contribution in [2.24, 2.45) is 0 Å². The van der Waals surface area contributed by atoms with Gasteiger partial charge in [0.25, 0.3) is 0 Å². The lowest BCUT2D eigenvalue weighted by molar-refractivity contribution is -0.135. The van der Waals surface area contributed by atoms with Crippen LogP contribution in [-0.2, 0) is 21.5 Å². The highest BCUT2D eigenvalue weighted by Crippen LogP contribution is 2.34.